The number of carbonyl (C=O) groups excluding carboxylic acids is 1. The van der Waals surface area contributed by atoms with Crippen LogP contribution in [0.5, 0.6) is 11.5 Å². The summed E-state index contributed by atoms with van der Waals surface area (Å²) in [5, 5.41) is 12.7. The van der Waals surface area contributed by atoms with Gasteiger partial charge in [0.15, 0.2) is 0 Å². The summed E-state index contributed by atoms with van der Waals surface area (Å²) in [4.78, 5) is 29.1. The summed E-state index contributed by atoms with van der Waals surface area (Å²) in [7, 11) is 1.63. The van der Waals surface area contributed by atoms with Crippen molar-refractivity contribution in [1.82, 2.24) is 9.88 Å². The number of amides is 1. The van der Waals surface area contributed by atoms with Crippen LogP contribution in [0.25, 0.3) is 0 Å². The van der Waals surface area contributed by atoms with Crippen LogP contribution in [0.3, 0.4) is 0 Å². The van der Waals surface area contributed by atoms with E-state index in [1.807, 2.05) is 36.4 Å². The number of fused-ring (bicyclic) bond motifs is 1. The molecule has 0 radical (unpaired) electrons. The van der Waals surface area contributed by atoms with E-state index in [9.17, 15) is 9.59 Å². The first-order valence-electron chi connectivity index (χ1n) is 14.5. The maximum atomic E-state index is 12.8. The number of ether oxygens (including phenoxy) is 2. The molecular weight excluding hydrogens is 518 g/mol. The summed E-state index contributed by atoms with van der Waals surface area (Å²) in [5.74, 6) is 1.29. The summed E-state index contributed by atoms with van der Waals surface area (Å²) in [5.41, 5.74) is 3.72. The molecule has 1 aliphatic carbocycles. The number of aliphatic carboxylic acids is 1. The molecule has 3 unspecified atom stereocenters. The van der Waals surface area contributed by atoms with Crippen molar-refractivity contribution in [3.8, 4) is 11.5 Å². The number of carbonyl (C=O) groups is 2. The lowest BCUT2D eigenvalue weighted by Gasteiger charge is -2.36. The topological polar surface area (TPSA) is 101 Å². The first-order chi connectivity index (χ1) is 19.9. The molecule has 1 amide bonds. The highest BCUT2D eigenvalue weighted by atomic mass is 16.5. The summed E-state index contributed by atoms with van der Waals surface area (Å²) >= 11 is 0. The quantitative estimate of drug-likeness (QED) is 0.292. The van der Waals surface area contributed by atoms with Crippen LogP contribution in [0.1, 0.15) is 72.9 Å². The van der Waals surface area contributed by atoms with Crippen molar-refractivity contribution < 1.29 is 24.2 Å². The minimum Gasteiger partial charge on any atom is -0.489 e. The van der Waals surface area contributed by atoms with E-state index in [4.69, 9.17) is 14.6 Å². The van der Waals surface area contributed by atoms with E-state index in [-0.39, 0.29) is 36.9 Å². The monoisotopic (exact) mass is 557 g/mol. The van der Waals surface area contributed by atoms with Gasteiger partial charge in [0.1, 0.15) is 24.2 Å². The number of nitrogens with zero attached hydrogens (tertiary/aromatic N) is 2. The van der Waals surface area contributed by atoms with Gasteiger partial charge in [-0.05, 0) is 78.9 Å². The first-order valence-corrected chi connectivity index (χ1v) is 14.5. The van der Waals surface area contributed by atoms with Crippen LogP contribution < -0.4 is 14.8 Å². The second-order valence-electron chi connectivity index (χ2n) is 11.2. The van der Waals surface area contributed by atoms with Crippen LogP contribution >= 0.6 is 0 Å². The van der Waals surface area contributed by atoms with Gasteiger partial charge in [0.2, 0.25) is 0 Å². The number of pyridine rings is 1. The summed E-state index contributed by atoms with van der Waals surface area (Å²) in [6.07, 6.45) is 9.46. The fourth-order valence-electron chi connectivity index (χ4n) is 5.98. The minimum atomic E-state index is -0.919. The Labute approximate surface area is 241 Å². The number of carboxylic acids is 1. The van der Waals surface area contributed by atoms with E-state index < -0.39 is 5.97 Å². The first kappa shape index (κ1) is 28.5. The van der Waals surface area contributed by atoms with Crippen LogP contribution in [-0.2, 0) is 11.4 Å². The highest BCUT2D eigenvalue weighted by Crippen LogP contribution is 2.44. The molecular formula is C33H39N3O5. The van der Waals surface area contributed by atoms with Gasteiger partial charge in [-0.1, -0.05) is 26.2 Å². The second kappa shape index (κ2) is 13.1. The third-order valence-electron chi connectivity index (χ3n) is 8.37. The third-order valence-corrected chi connectivity index (χ3v) is 8.37. The van der Waals surface area contributed by atoms with Crippen LogP contribution in [0.15, 0.2) is 67.0 Å². The number of aromatic nitrogens is 1. The predicted octanol–water partition coefficient (Wildman–Crippen LogP) is 6.13. The van der Waals surface area contributed by atoms with E-state index in [0.717, 1.165) is 41.2 Å². The van der Waals surface area contributed by atoms with Crippen LogP contribution in [-0.4, -0.2) is 52.6 Å². The van der Waals surface area contributed by atoms with Gasteiger partial charge in [-0.2, -0.15) is 0 Å². The van der Waals surface area contributed by atoms with Gasteiger partial charge in [0.25, 0.3) is 5.91 Å². The lowest BCUT2D eigenvalue weighted by atomic mass is 9.78. The molecule has 3 atom stereocenters. The molecule has 1 aliphatic heterocycles. The molecule has 216 valence electrons. The zero-order valence-electron chi connectivity index (χ0n) is 23.8. The van der Waals surface area contributed by atoms with Crippen LogP contribution in [0.2, 0.25) is 0 Å². The van der Waals surface area contributed by atoms with Crippen molar-refractivity contribution in [2.24, 2.45) is 5.92 Å². The Morgan fingerprint density at radius 3 is 2.51 bits per heavy atom. The Kier molecular flexibility index (Phi) is 9.07. The van der Waals surface area contributed by atoms with Crippen LogP contribution in [0, 0.1) is 5.92 Å². The highest BCUT2D eigenvalue weighted by molar-refractivity contribution is 5.94. The molecule has 2 aromatic carbocycles. The van der Waals surface area contributed by atoms with Crippen molar-refractivity contribution in [3.05, 3.63) is 83.7 Å². The molecule has 2 heterocycles. The van der Waals surface area contributed by atoms with Crippen molar-refractivity contribution in [2.75, 3.05) is 18.9 Å². The fraction of sp³-hybridized carbons (Fsp3) is 0.424. The van der Waals surface area contributed by atoms with Crippen molar-refractivity contribution in [2.45, 2.75) is 70.1 Å². The number of hydrogen-bond donors (Lipinski definition) is 2. The zero-order valence-corrected chi connectivity index (χ0v) is 23.8. The summed E-state index contributed by atoms with van der Waals surface area (Å²) in [6, 6.07) is 17.6. The molecule has 0 bridgehead atoms. The molecule has 2 aliphatic rings. The molecule has 5 rings (SSSR count). The smallest absolute Gasteiger partial charge is 0.305 e. The van der Waals surface area contributed by atoms with E-state index in [1.54, 1.807) is 31.6 Å². The lowest BCUT2D eigenvalue weighted by molar-refractivity contribution is -0.137. The Bertz CT molecular complexity index is 1320. The minimum absolute atomic E-state index is 0.0352. The Hall–Kier alpha value is -4.07. The van der Waals surface area contributed by atoms with E-state index in [2.05, 4.69) is 23.3 Å². The van der Waals surface area contributed by atoms with Gasteiger partial charge in [-0.25, -0.2) is 0 Å². The van der Waals surface area contributed by atoms with Gasteiger partial charge < -0.3 is 24.8 Å². The molecule has 8 heteroatoms. The highest BCUT2D eigenvalue weighted by Gasteiger charge is 2.41. The number of nitrogens with one attached hydrogen (secondary N) is 1. The fourth-order valence-corrected chi connectivity index (χ4v) is 5.98. The summed E-state index contributed by atoms with van der Waals surface area (Å²) in [6.45, 7) is 2.89. The lowest BCUT2D eigenvalue weighted by Crippen LogP contribution is -2.44. The summed E-state index contributed by atoms with van der Waals surface area (Å²) < 4.78 is 12.7. The predicted molar refractivity (Wildman–Crippen MR) is 157 cm³/mol. The molecule has 0 saturated heterocycles. The molecule has 3 aromatic rings. The molecule has 1 aromatic heterocycles. The standard InChI is InChI=1S/C33H39N3O5/c1-22-28-20-27(40-21-23-14-17-34-18-15-23)12-13-29(28)41-32(22)31(24-6-4-3-5-7-24)35-26-10-8-25(9-11-26)33(39)36(2)19-16-30(37)38/h8-15,17-18,20,22,24,31-32,35H,3-7,16,19,21H2,1-2H3,(H,37,38). The van der Waals surface area contributed by atoms with Crippen molar-refractivity contribution in [1.29, 1.82) is 0 Å². The molecule has 1 fully saturated rings. The average Bonchev–Trinajstić information content (AvgIpc) is 3.33. The molecule has 8 nitrogen and oxygen atoms in total. The van der Waals surface area contributed by atoms with Gasteiger partial charge in [-0.15, -0.1) is 0 Å². The van der Waals surface area contributed by atoms with Gasteiger partial charge in [-0.3, -0.25) is 14.6 Å². The normalized spacial score (nSPS) is 19.1. The number of carboxylic acid groups (broad SMARTS) is 1. The SMILES string of the molecule is CC1c2cc(OCc3ccncc3)ccc2OC1C(Nc1ccc(C(=O)N(C)CCC(=O)O)cc1)C1CCCCC1. The number of benzene rings is 2. The Morgan fingerprint density at radius 1 is 1.07 bits per heavy atom. The molecule has 1 saturated carbocycles. The second-order valence-corrected chi connectivity index (χ2v) is 11.2. The van der Waals surface area contributed by atoms with Crippen molar-refractivity contribution in [3.63, 3.8) is 0 Å². The van der Waals surface area contributed by atoms with E-state index >= 15 is 0 Å². The maximum Gasteiger partial charge on any atom is 0.305 e. The molecule has 41 heavy (non-hydrogen) atoms. The average molecular weight is 558 g/mol. The number of hydrogen-bond acceptors (Lipinski definition) is 6. The Morgan fingerprint density at radius 2 is 1.80 bits per heavy atom. The van der Waals surface area contributed by atoms with Crippen molar-refractivity contribution >= 4 is 17.6 Å². The van der Waals surface area contributed by atoms with Gasteiger partial charge in [0.05, 0.1) is 12.5 Å². The number of rotatable bonds is 11. The van der Waals surface area contributed by atoms with E-state index in [0.29, 0.717) is 18.1 Å². The molecule has 2 N–H and O–H groups in total. The van der Waals surface area contributed by atoms with Crippen LogP contribution in [0.4, 0.5) is 5.69 Å². The van der Waals surface area contributed by atoms with Gasteiger partial charge in [0, 0.05) is 48.7 Å². The third kappa shape index (κ3) is 6.99. The molecule has 0 spiro atoms. The number of anilines is 1. The van der Waals surface area contributed by atoms with Gasteiger partial charge >= 0.3 is 5.97 Å². The maximum absolute atomic E-state index is 12.8. The largest absolute Gasteiger partial charge is 0.489 e. The van der Waals surface area contributed by atoms with E-state index in [1.165, 1.54) is 24.2 Å². The zero-order chi connectivity index (χ0) is 28.8. The Balaban J connectivity index is 1.29.